The summed E-state index contributed by atoms with van der Waals surface area (Å²) >= 11 is 2.31. The predicted molar refractivity (Wildman–Crippen MR) is 81.9 cm³/mol. The number of halogens is 1. The second-order valence-corrected chi connectivity index (χ2v) is 5.13. The lowest BCUT2D eigenvalue weighted by atomic mass is 10.2. The number of alkyl halides is 1. The first-order chi connectivity index (χ1) is 8.70. The molecule has 0 atom stereocenters. The summed E-state index contributed by atoms with van der Waals surface area (Å²) in [6, 6.07) is 0. The molecule has 0 aliphatic heterocycles. The fraction of sp³-hybridized carbons (Fsp3) is 0.833. The molecule has 3 N–H and O–H groups in total. The van der Waals surface area contributed by atoms with Gasteiger partial charge >= 0.3 is 0 Å². The Balaban J connectivity index is 3.28. The maximum atomic E-state index is 11.3. The lowest BCUT2D eigenvalue weighted by molar-refractivity contribution is -0.121. The highest BCUT2D eigenvalue weighted by Gasteiger charge is 2.01. The summed E-state index contributed by atoms with van der Waals surface area (Å²) in [7, 11) is 1.82. The molecule has 5 nitrogen and oxygen atoms in total. The van der Waals surface area contributed by atoms with Crippen LogP contribution in [0.15, 0.2) is 0 Å². The quantitative estimate of drug-likeness (QED) is 0.287. The van der Waals surface area contributed by atoms with Crippen molar-refractivity contribution in [3.8, 4) is 0 Å². The van der Waals surface area contributed by atoms with Crippen LogP contribution in [0, 0.1) is 0 Å². The zero-order valence-corrected chi connectivity index (χ0v) is 13.2. The number of carbonyl (C=O) groups excluding carboxylic acids is 2. The van der Waals surface area contributed by atoms with E-state index in [4.69, 9.17) is 0 Å². The van der Waals surface area contributed by atoms with Crippen molar-refractivity contribution in [1.82, 2.24) is 16.0 Å². The van der Waals surface area contributed by atoms with Crippen molar-refractivity contribution in [3.05, 3.63) is 0 Å². The van der Waals surface area contributed by atoms with Gasteiger partial charge in [-0.15, -0.1) is 0 Å². The molecule has 0 aliphatic carbocycles. The molecule has 0 saturated heterocycles. The highest BCUT2D eigenvalue weighted by atomic mass is 127. The van der Waals surface area contributed by atoms with Gasteiger partial charge in [0.25, 0.3) is 0 Å². The van der Waals surface area contributed by atoms with Gasteiger partial charge < -0.3 is 16.0 Å². The Labute approximate surface area is 123 Å². The highest BCUT2D eigenvalue weighted by Crippen LogP contribution is 1.98. The van der Waals surface area contributed by atoms with Crippen LogP contribution in [0.3, 0.4) is 0 Å². The van der Waals surface area contributed by atoms with Crippen molar-refractivity contribution in [1.29, 1.82) is 0 Å². The summed E-state index contributed by atoms with van der Waals surface area (Å²) in [6.07, 6.45) is 3.94. The third kappa shape index (κ3) is 12.1. The van der Waals surface area contributed by atoms with Crippen molar-refractivity contribution in [2.45, 2.75) is 32.1 Å². The molecule has 0 spiro atoms. The Morgan fingerprint density at radius 2 is 1.50 bits per heavy atom. The second-order valence-electron chi connectivity index (χ2n) is 4.05. The molecule has 2 amide bonds. The van der Waals surface area contributed by atoms with Gasteiger partial charge in [0.15, 0.2) is 0 Å². The van der Waals surface area contributed by atoms with E-state index >= 15 is 0 Å². The van der Waals surface area contributed by atoms with Crippen LogP contribution < -0.4 is 16.0 Å². The van der Waals surface area contributed by atoms with E-state index in [1.54, 1.807) is 0 Å². The van der Waals surface area contributed by atoms with Gasteiger partial charge in [-0.25, -0.2) is 0 Å². The average Bonchev–Trinajstić information content (AvgIpc) is 2.36. The summed E-state index contributed by atoms with van der Waals surface area (Å²) in [5, 5.41) is 8.59. The van der Waals surface area contributed by atoms with Crippen LogP contribution in [-0.2, 0) is 9.59 Å². The van der Waals surface area contributed by atoms with Crippen LogP contribution in [-0.4, -0.2) is 42.9 Å². The Morgan fingerprint density at radius 1 is 0.889 bits per heavy atom. The molecule has 0 saturated carbocycles. The lowest BCUT2D eigenvalue weighted by Gasteiger charge is -2.06. The fourth-order valence-corrected chi connectivity index (χ4v) is 1.88. The van der Waals surface area contributed by atoms with Gasteiger partial charge in [-0.05, 0) is 30.7 Å². The molecule has 0 aromatic heterocycles. The predicted octanol–water partition coefficient (Wildman–Crippen LogP) is 0.824. The molecule has 0 heterocycles. The fourth-order valence-electron chi connectivity index (χ4n) is 1.34. The van der Waals surface area contributed by atoms with Crippen LogP contribution in [0.25, 0.3) is 0 Å². The summed E-state index contributed by atoms with van der Waals surface area (Å²) in [5.74, 6) is 0.166. The van der Waals surface area contributed by atoms with Crippen LogP contribution in [0.2, 0.25) is 0 Å². The molecule has 18 heavy (non-hydrogen) atoms. The number of carbonyl (C=O) groups is 2. The molecular formula is C12H24IN3O2. The number of rotatable bonds is 11. The van der Waals surface area contributed by atoms with E-state index in [2.05, 4.69) is 38.5 Å². The molecular weight excluding hydrogens is 345 g/mol. The molecule has 6 heteroatoms. The molecule has 0 rings (SSSR count). The Hall–Kier alpha value is -0.370. The van der Waals surface area contributed by atoms with Crippen LogP contribution in [0.1, 0.15) is 32.1 Å². The third-order valence-electron chi connectivity index (χ3n) is 2.39. The van der Waals surface area contributed by atoms with Gasteiger partial charge in [-0.3, -0.25) is 9.59 Å². The van der Waals surface area contributed by atoms with E-state index in [9.17, 15) is 9.59 Å². The van der Waals surface area contributed by atoms with Crippen LogP contribution >= 0.6 is 22.6 Å². The second kappa shape index (κ2) is 13.1. The Morgan fingerprint density at radius 3 is 2.06 bits per heavy atom. The van der Waals surface area contributed by atoms with E-state index in [1.807, 2.05) is 7.05 Å². The molecule has 0 fully saturated rings. The summed E-state index contributed by atoms with van der Waals surface area (Å²) in [4.78, 5) is 22.6. The summed E-state index contributed by atoms with van der Waals surface area (Å²) in [6.45, 7) is 1.95. The highest BCUT2D eigenvalue weighted by molar-refractivity contribution is 14.1. The minimum atomic E-state index is 0.0534. The van der Waals surface area contributed by atoms with E-state index in [0.29, 0.717) is 32.5 Å². The zero-order chi connectivity index (χ0) is 13.6. The largest absolute Gasteiger partial charge is 0.356 e. The molecule has 106 valence electrons. The summed E-state index contributed by atoms with van der Waals surface area (Å²) < 4.78 is 1.10. The van der Waals surface area contributed by atoms with Crippen molar-refractivity contribution in [2.24, 2.45) is 0 Å². The topological polar surface area (TPSA) is 70.2 Å². The van der Waals surface area contributed by atoms with Gasteiger partial charge in [-0.2, -0.15) is 0 Å². The van der Waals surface area contributed by atoms with Gasteiger partial charge in [0, 0.05) is 32.5 Å². The first kappa shape index (κ1) is 17.6. The van der Waals surface area contributed by atoms with Gasteiger partial charge in [0.1, 0.15) is 0 Å². The Kier molecular flexibility index (Phi) is 12.8. The molecule has 0 aromatic carbocycles. The van der Waals surface area contributed by atoms with E-state index in [1.165, 1.54) is 0 Å². The smallest absolute Gasteiger partial charge is 0.221 e. The van der Waals surface area contributed by atoms with Gasteiger partial charge in [0.2, 0.25) is 11.8 Å². The van der Waals surface area contributed by atoms with Crippen molar-refractivity contribution >= 4 is 34.4 Å². The standard InChI is InChI=1S/C12H24IN3O2/c1-14-10-6-12(18)16-9-4-8-15-11(17)5-2-3-7-13/h14H,2-10H2,1H3,(H,15,17)(H,16,18). The van der Waals surface area contributed by atoms with E-state index in [0.717, 1.165) is 23.7 Å². The number of hydrogen-bond donors (Lipinski definition) is 3. The molecule has 0 unspecified atom stereocenters. The number of unbranched alkanes of at least 4 members (excludes halogenated alkanes) is 1. The van der Waals surface area contributed by atoms with Gasteiger partial charge in [0.05, 0.1) is 0 Å². The monoisotopic (exact) mass is 369 g/mol. The minimum Gasteiger partial charge on any atom is -0.356 e. The maximum absolute atomic E-state index is 11.3. The number of nitrogens with one attached hydrogen (secondary N) is 3. The van der Waals surface area contributed by atoms with Crippen molar-refractivity contribution in [2.75, 3.05) is 31.1 Å². The minimum absolute atomic E-state index is 0.0534. The van der Waals surface area contributed by atoms with Crippen molar-refractivity contribution in [3.63, 3.8) is 0 Å². The summed E-state index contributed by atoms with van der Waals surface area (Å²) in [5.41, 5.74) is 0. The maximum Gasteiger partial charge on any atom is 0.221 e. The molecule has 0 aliphatic rings. The third-order valence-corrected chi connectivity index (χ3v) is 3.15. The molecule has 0 aromatic rings. The van der Waals surface area contributed by atoms with E-state index < -0.39 is 0 Å². The zero-order valence-electron chi connectivity index (χ0n) is 11.1. The Bertz CT molecular complexity index is 237. The lowest BCUT2D eigenvalue weighted by Crippen LogP contribution is -2.30. The molecule has 0 radical (unpaired) electrons. The van der Waals surface area contributed by atoms with Gasteiger partial charge in [-0.1, -0.05) is 22.6 Å². The number of amides is 2. The van der Waals surface area contributed by atoms with E-state index in [-0.39, 0.29) is 11.8 Å². The van der Waals surface area contributed by atoms with Crippen molar-refractivity contribution < 1.29 is 9.59 Å². The normalized spacial score (nSPS) is 10.1. The number of hydrogen-bond acceptors (Lipinski definition) is 3. The average molecular weight is 369 g/mol. The molecule has 0 bridgehead atoms. The first-order valence-electron chi connectivity index (χ1n) is 6.44. The SMILES string of the molecule is CNCCC(=O)NCCCNC(=O)CCCCI. The first-order valence-corrected chi connectivity index (χ1v) is 7.97. The van der Waals surface area contributed by atoms with Crippen LogP contribution in [0.4, 0.5) is 0 Å². The van der Waals surface area contributed by atoms with Crippen LogP contribution in [0.5, 0.6) is 0 Å².